The molecule has 120 valence electrons. The number of nitrogens with zero attached hydrogens (tertiary/aromatic N) is 3. The van der Waals surface area contributed by atoms with Crippen LogP contribution in [0.2, 0.25) is 0 Å². The van der Waals surface area contributed by atoms with Gasteiger partial charge in [0.2, 0.25) is 0 Å². The standard InChI is InChI=1S/C16H24N4O2/c1-3-5-6-15-18-9-12(19-15)16-17-7-8-20(16)13-10-21-11-14(13)22-4-2/h7-9,13-14H,3-6,10-11H2,1-2H3,(H,18,19)/t13-,14-/m1/s1. The van der Waals surface area contributed by atoms with Crippen LogP contribution in [-0.2, 0) is 15.9 Å². The SMILES string of the molecule is CCCCc1ncc(-c2nccn2[C@@H]2COC[C@H]2OCC)[nH]1. The molecule has 0 spiro atoms. The molecular formula is C16H24N4O2. The molecule has 6 heteroatoms. The van der Waals surface area contributed by atoms with Gasteiger partial charge in [0.25, 0.3) is 0 Å². The summed E-state index contributed by atoms with van der Waals surface area (Å²) in [5, 5.41) is 0. The molecule has 1 aliphatic rings. The van der Waals surface area contributed by atoms with Gasteiger partial charge in [-0.05, 0) is 13.3 Å². The summed E-state index contributed by atoms with van der Waals surface area (Å²) in [6.07, 6.45) is 9.06. The molecule has 0 bridgehead atoms. The lowest BCUT2D eigenvalue weighted by atomic mass is 10.2. The highest BCUT2D eigenvalue weighted by molar-refractivity contribution is 5.49. The van der Waals surface area contributed by atoms with Crippen LogP contribution in [0.5, 0.6) is 0 Å². The summed E-state index contributed by atoms with van der Waals surface area (Å²) >= 11 is 0. The monoisotopic (exact) mass is 304 g/mol. The third kappa shape index (κ3) is 3.08. The van der Waals surface area contributed by atoms with Crippen LogP contribution in [0, 0.1) is 0 Å². The average molecular weight is 304 g/mol. The number of unbranched alkanes of at least 4 members (excludes halogenated alkanes) is 1. The number of aryl methyl sites for hydroxylation is 1. The Morgan fingerprint density at radius 1 is 1.36 bits per heavy atom. The van der Waals surface area contributed by atoms with Crippen molar-refractivity contribution in [2.24, 2.45) is 0 Å². The van der Waals surface area contributed by atoms with Crippen molar-refractivity contribution in [3.8, 4) is 11.5 Å². The zero-order chi connectivity index (χ0) is 15.4. The second-order valence-electron chi connectivity index (χ2n) is 5.60. The van der Waals surface area contributed by atoms with E-state index in [1.54, 1.807) is 0 Å². The number of imidazole rings is 2. The van der Waals surface area contributed by atoms with E-state index in [4.69, 9.17) is 9.47 Å². The third-order valence-electron chi connectivity index (χ3n) is 4.04. The molecule has 0 radical (unpaired) electrons. The summed E-state index contributed by atoms with van der Waals surface area (Å²) in [7, 11) is 0. The number of rotatable bonds is 7. The summed E-state index contributed by atoms with van der Waals surface area (Å²) in [4.78, 5) is 12.3. The van der Waals surface area contributed by atoms with Gasteiger partial charge in [-0.1, -0.05) is 13.3 Å². The molecule has 2 aromatic heterocycles. The lowest BCUT2D eigenvalue weighted by Gasteiger charge is -2.20. The maximum Gasteiger partial charge on any atom is 0.158 e. The predicted octanol–water partition coefficient (Wildman–Crippen LogP) is 2.59. The topological polar surface area (TPSA) is 65.0 Å². The maximum absolute atomic E-state index is 5.79. The Morgan fingerprint density at radius 3 is 3.09 bits per heavy atom. The summed E-state index contributed by atoms with van der Waals surface area (Å²) in [6, 6.07) is 0.167. The molecule has 1 fully saturated rings. The molecular weight excluding hydrogens is 280 g/mol. The lowest BCUT2D eigenvalue weighted by molar-refractivity contribution is 0.0364. The van der Waals surface area contributed by atoms with E-state index in [0.29, 0.717) is 19.8 Å². The van der Waals surface area contributed by atoms with E-state index in [1.165, 1.54) is 6.42 Å². The quantitative estimate of drug-likeness (QED) is 0.854. The molecule has 2 atom stereocenters. The van der Waals surface area contributed by atoms with Crippen molar-refractivity contribution in [2.75, 3.05) is 19.8 Å². The van der Waals surface area contributed by atoms with E-state index in [0.717, 1.165) is 30.2 Å². The Kier molecular flexibility index (Phi) is 4.90. The largest absolute Gasteiger partial charge is 0.376 e. The third-order valence-corrected chi connectivity index (χ3v) is 4.04. The van der Waals surface area contributed by atoms with E-state index < -0.39 is 0 Å². The molecule has 3 rings (SSSR count). The molecule has 0 aliphatic carbocycles. The van der Waals surface area contributed by atoms with Gasteiger partial charge in [-0.15, -0.1) is 0 Å². The van der Waals surface area contributed by atoms with Crippen LogP contribution >= 0.6 is 0 Å². The number of aromatic nitrogens is 4. The highest BCUT2D eigenvalue weighted by Crippen LogP contribution is 2.27. The molecule has 1 saturated heterocycles. The van der Waals surface area contributed by atoms with Crippen LogP contribution < -0.4 is 0 Å². The van der Waals surface area contributed by atoms with E-state index in [1.807, 2.05) is 25.5 Å². The molecule has 2 aromatic rings. The molecule has 0 aromatic carbocycles. The van der Waals surface area contributed by atoms with Crippen molar-refractivity contribution in [3.05, 3.63) is 24.4 Å². The minimum absolute atomic E-state index is 0.0837. The van der Waals surface area contributed by atoms with E-state index in [2.05, 4.69) is 26.4 Å². The Balaban J connectivity index is 1.81. The number of hydrogen-bond donors (Lipinski definition) is 1. The number of aromatic amines is 1. The summed E-state index contributed by atoms with van der Waals surface area (Å²) in [6.45, 7) is 6.19. The van der Waals surface area contributed by atoms with Crippen LogP contribution in [-0.4, -0.2) is 45.4 Å². The second-order valence-corrected chi connectivity index (χ2v) is 5.60. The van der Waals surface area contributed by atoms with Crippen LogP contribution in [0.1, 0.15) is 38.6 Å². The molecule has 22 heavy (non-hydrogen) atoms. The Morgan fingerprint density at radius 2 is 2.27 bits per heavy atom. The lowest BCUT2D eigenvalue weighted by Crippen LogP contribution is -2.25. The fourth-order valence-electron chi connectivity index (χ4n) is 2.89. The first-order valence-corrected chi connectivity index (χ1v) is 8.09. The molecule has 0 amide bonds. The number of ether oxygens (including phenoxy) is 2. The first kappa shape index (κ1) is 15.2. The van der Waals surface area contributed by atoms with E-state index >= 15 is 0 Å². The highest BCUT2D eigenvalue weighted by Gasteiger charge is 2.31. The van der Waals surface area contributed by atoms with Crippen LogP contribution in [0.15, 0.2) is 18.6 Å². The Hall–Kier alpha value is -1.66. The van der Waals surface area contributed by atoms with Crippen molar-refractivity contribution in [1.29, 1.82) is 0 Å². The van der Waals surface area contributed by atoms with Gasteiger partial charge >= 0.3 is 0 Å². The van der Waals surface area contributed by atoms with Gasteiger partial charge in [0, 0.05) is 25.4 Å². The summed E-state index contributed by atoms with van der Waals surface area (Å²) < 4.78 is 13.5. The van der Waals surface area contributed by atoms with Gasteiger partial charge in [-0.2, -0.15) is 0 Å². The fraction of sp³-hybridized carbons (Fsp3) is 0.625. The van der Waals surface area contributed by atoms with E-state index in [9.17, 15) is 0 Å². The number of nitrogens with one attached hydrogen (secondary N) is 1. The second kappa shape index (κ2) is 7.07. The molecule has 1 aliphatic heterocycles. The molecule has 3 heterocycles. The van der Waals surface area contributed by atoms with Crippen molar-refractivity contribution in [3.63, 3.8) is 0 Å². The number of hydrogen-bond acceptors (Lipinski definition) is 4. The zero-order valence-electron chi connectivity index (χ0n) is 13.3. The predicted molar refractivity (Wildman–Crippen MR) is 83.7 cm³/mol. The number of H-pyrrole nitrogens is 1. The average Bonchev–Trinajstić information content (AvgIpc) is 3.24. The van der Waals surface area contributed by atoms with Gasteiger partial charge in [0.1, 0.15) is 17.6 Å². The minimum Gasteiger partial charge on any atom is -0.376 e. The first-order valence-electron chi connectivity index (χ1n) is 8.09. The molecule has 0 unspecified atom stereocenters. The van der Waals surface area contributed by atoms with Gasteiger partial charge in [-0.3, -0.25) is 0 Å². The van der Waals surface area contributed by atoms with Gasteiger partial charge in [0.15, 0.2) is 5.82 Å². The Bertz CT molecular complexity index is 592. The molecule has 0 saturated carbocycles. The zero-order valence-corrected chi connectivity index (χ0v) is 13.3. The van der Waals surface area contributed by atoms with E-state index in [-0.39, 0.29) is 12.1 Å². The Labute approximate surface area is 130 Å². The van der Waals surface area contributed by atoms with Crippen molar-refractivity contribution in [1.82, 2.24) is 19.5 Å². The van der Waals surface area contributed by atoms with Gasteiger partial charge < -0.3 is 19.0 Å². The highest BCUT2D eigenvalue weighted by atomic mass is 16.5. The molecule has 6 nitrogen and oxygen atoms in total. The van der Waals surface area contributed by atoms with Crippen LogP contribution in [0.4, 0.5) is 0 Å². The van der Waals surface area contributed by atoms with Crippen molar-refractivity contribution in [2.45, 2.75) is 45.3 Å². The minimum atomic E-state index is 0.0837. The maximum atomic E-state index is 5.79. The van der Waals surface area contributed by atoms with Gasteiger partial charge in [-0.25, -0.2) is 9.97 Å². The summed E-state index contributed by atoms with van der Waals surface area (Å²) in [5.41, 5.74) is 0.957. The van der Waals surface area contributed by atoms with Crippen LogP contribution in [0.3, 0.4) is 0 Å². The first-order chi connectivity index (χ1) is 10.8. The normalized spacial score (nSPS) is 21.5. The molecule has 1 N–H and O–H groups in total. The van der Waals surface area contributed by atoms with Gasteiger partial charge in [0.05, 0.1) is 25.5 Å². The smallest absolute Gasteiger partial charge is 0.158 e. The summed E-state index contributed by atoms with van der Waals surface area (Å²) in [5.74, 6) is 1.92. The van der Waals surface area contributed by atoms with Crippen molar-refractivity contribution >= 4 is 0 Å². The van der Waals surface area contributed by atoms with Crippen molar-refractivity contribution < 1.29 is 9.47 Å². The fourth-order valence-corrected chi connectivity index (χ4v) is 2.89. The van der Waals surface area contributed by atoms with Crippen LogP contribution in [0.25, 0.3) is 11.5 Å².